The van der Waals surface area contributed by atoms with E-state index in [1.807, 2.05) is 20.2 Å². The lowest BCUT2D eigenvalue weighted by atomic mass is 9.97. The molecule has 1 aliphatic heterocycles. The zero-order valence-corrected chi connectivity index (χ0v) is 12.8. The molecule has 1 atom stereocenters. The molecule has 0 saturated heterocycles. The Labute approximate surface area is 119 Å². The van der Waals surface area contributed by atoms with Gasteiger partial charge < -0.3 is 4.74 Å². The van der Waals surface area contributed by atoms with Crippen LogP contribution in [0.1, 0.15) is 36.9 Å². The smallest absolute Gasteiger partial charge is 0.217 e. The van der Waals surface area contributed by atoms with E-state index in [-0.39, 0.29) is 11.2 Å². The largest absolute Gasteiger partial charge is 0.381 e. The van der Waals surface area contributed by atoms with E-state index in [4.69, 9.17) is 4.74 Å². The third-order valence-corrected chi connectivity index (χ3v) is 6.27. The molecule has 3 rings (SSSR count). The van der Waals surface area contributed by atoms with E-state index in [1.54, 1.807) is 8.99 Å². The van der Waals surface area contributed by atoms with Gasteiger partial charge in [0.05, 0.1) is 24.1 Å². The minimum Gasteiger partial charge on any atom is -0.381 e. The summed E-state index contributed by atoms with van der Waals surface area (Å²) in [7, 11) is -1.28. The monoisotopic (exact) mass is 299 g/mol. The summed E-state index contributed by atoms with van der Waals surface area (Å²) in [5.74, 6) is 0.0842. The minimum atomic E-state index is -3.15. The number of fused-ring (bicyclic) bond motifs is 1. The Morgan fingerprint density at radius 1 is 1.45 bits per heavy atom. The van der Waals surface area contributed by atoms with Gasteiger partial charge in [-0.25, -0.2) is 8.42 Å². The molecule has 2 heterocycles. The maximum atomic E-state index is 12.4. The normalized spacial score (nSPS) is 23.8. The van der Waals surface area contributed by atoms with Crippen molar-refractivity contribution in [1.82, 2.24) is 14.1 Å². The summed E-state index contributed by atoms with van der Waals surface area (Å²) in [6.07, 6.45) is 3.58. The third kappa shape index (κ3) is 2.49. The fraction of sp³-hybridized carbons (Fsp3) is 0.769. The van der Waals surface area contributed by atoms with Gasteiger partial charge in [-0.3, -0.25) is 4.68 Å². The lowest BCUT2D eigenvalue weighted by Gasteiger charge is -2.31. The van der Waals surface area contributed by atoms with Gasteiger partial charge in [0.2, 0.25) is 10.0 Å². The first-order valence-electron chi connectivity index (χ1n) is 7.11. The second-order valence-corrected chi connectivity index (χ2v) is 7.81. The van der Waals surface area contributed by atoms with Crippen LogP contribution in [0.2, 0.25) is 0 Å². The first-order chi connectivity index (χ1) is 9.52. The molecule has 1 fully saturated rings. The van der Waals surface area contributed by atoms with Crippen molar-refractivity contribution in [2.24, 2.45) is 7.05 Å². The number of aromatic nitrogens is 2. The van der Waals surface area contributed by atoms with Gasteiger partial charge in [-0.05, 0) is 19.8 Å². The lowest BCUT2D eigenvalue weighted by Crippen LogP contribution is -2.41. The quantitative estimate of drug-likeness (QED) is 0.808. The molecule has 1 aromatic heterocycles. The van der Waals surface area contributed by atoms with Crippen LogP contribution in [-0.4, -0.2) is 47.5 Å². The second kappa shape index (κ2) is 5.13. The summed E-state index contributed by atoms with van der Waals surface area (Å²) >= 11 is 0. The molecule has 0 radical (unpaired) electrons. The fourth-order valence-corrected chi connectivity index (χ4v) is 4.61. The minimum absolute atomic E-state index is 0.0842. The maximum Gasteiger partial charge on any atom is 0.217 e. The van der Waals surface area contributed by atoms with Crippen LogP contribution in [0.3, 0.4) is 0 Å². The Morgan fingerprint density at radius 2 is 2.20 bits per heavy atom. The molecule has 20 heavy (non-hydrogen) atoms. The van der Waals surface area contributed by atoms with Crippen LogP contribution in [0, 0.1) is 0 Å². The number of rotatable bonds is 5. The van der Waals surface area contributed by atoms with Gasteiger partial charge in [0.15, 0.2) is 0 Å². The third-order valence-electron chi connectivity index (χ3n) is 3.96. The number of aryl methyl sites for hydroxylation is 1. The highest BCUT2D eigenvalue weighted by molar-refractivity contribution is 7.90. The number of hydrogen-bond acceptors (Lipinski definition) is 4. The number of sulfonamides is 1. The Kier molecular flexibility index (Phi) is 3.60. The van der Waals surface area contributed by atoms with Crippen LogP contribution < -0.4 is 0 Å². The van der Waals surface area contributed by atoms with E-state index in [0.29, 0.717) is 26.3 Å². The lowest BCUT2D eigenvalue weighted by molar-refractivity contribution is 0.121. The van der Waals surface area contributed by atoms with E-state index in [9.17, 15) is 8.42 Å². The predicted octanol–water partition coefficient (Wildman–Crippen LogP) is 0.848. The van der Waals surface area contributed by atoms with Gasteiger partial charge in [0.25, 0.3) is 0 Å². The number of hydrogen-bond donors (Lipinski definition) is 0. The first kappa shape index (κ1) is 14.0. The summed E-state index contributed by atoms with van der Waals surface area (Å²) in [6, 6.07) is 0. The molecular weight excluding hydrogens is 278 g/mol. The van der Waals surface area contributed by atoms with Gasteiger partial charge >= 0.3 is 0 Å². The Balaban J connectivity index is 1.87. The summed E-state index contributed by atoms with van der Waals surface area (Å²) in [4.78, 5) is 0. The topological polar surface area (TPSA) is 64.4 Å². The zero-order valence-electron chi connectivity index (χ0n) is 11.9. The van der Waals surface area contributed by atoms with Crippen molar-refractivity contribution in [3.63, 3.8) is 0 Å². The van der Waals surface area contributed by atoms with E-state index in [2.05, 4.69) is 5.10 Å². The van der Waals surface area contributed by atoms with Crippen LogP contribution >= 0.6 is 0 Å². The molecule has 2 aliphatic rings. The van der Waals surface area contributed by atoms with Crippen molar-refractivity contribution >= 4 is 10.0 Å². The van der Waals surface area contributed by atoms with Crippen LogP contribution in [0.25, 0.3) is 0 Å². The van der Waals surface area contributed by atoms with Gasteiger partial charge in [-0.2, -0.15) is 9.40 Å². The van der Waals surface area contributed by atoms with E-state index < -0.39 is 10.0 Å². The average Bonchev–Trinajstić information content (AvgIpc) is 3.18. The van der Waals surface area contributed by atoms with Crippen LogP contribution in [0.5, 0.6) is 0 Å². The van der Waals surface area contributed by atoms with Crippen molar-refractivity contribution in [2.75, 3.05) is 19.8 Å². The first-order valence-corrected chi connectivity index (χ1v) is 8.61. The number of nitrogens with zero attached hydrogens (tertiary/aromatic N) is 3. The predicted molar refractivity (Wildman–Crippen MR) is 74.8 cm³/mol. The SMILES string of the molecule is CCOC[C@@H]1CN(S(=O)(=O)C2CC2)Cc2nn(C)cc21. The highest BCUT2D eigenvalue weighted by Crippen LogP contribution is 2.36. The highest BCUT2D eigenvalue weighted by atomic mass is 32.2. The number of ether oxygens (including phenoxy) is 1. The molecule has 0 aromatic carbocycles. The van der Waals surface area contributed by atoms with Gasteiger partial charge in [0.1, 0.15) is 0 Å². The molecule has 0 amide bonds. The van der Waals surface area contributed by atoms with E-state index >= 15 is 0 Å². The Morgan fingerprint density at radius 3 is 2.85 bits per heavy atom. The molecule has 0 N–H and O–H groups in total. The highest BCUT2D eigenvalue weighted by Gasteiger charge is 2.43. The molecule has 1 saturated carbocycles. The Bertz CT molecular complexity index is 592. The standard InChI is InChI=1S/C13H21N3O3S/c1-3-19-9-10-6-16(20(17,18)11-4-5-11)8-13-12(10)7-15(2)14-13/h7,10-11H,3-6,8-9H2,1-2H3/t10-/m0/s1. The molecule has 1 aliphatic carbocycles. The van der Waals surface area contributed by atoms with Gasteiger partial charge in [-0.1, -0.05) is 0 Å². The van der Waals surface area contributed by atoms with E-state index in [0.717, 1.165) is 24.1 Å². The van der Waals surface area contributed by atoms with E-state index in [1.165, 1.54) is 0 Å². The molecular formula is C13H21N3O3S. The average molecular weight is 299 g/mol. The molecule has 1 aromatic rings. The van der Waals surface area contributed by atoms with Crippen LogP contribution in [0.15, 0.2) is 6.20 Å². The molecule has 0 spiro atoms. The second-order valence-electron chi connectivity index (χ2n) is 5.60. The zero-order chi connectivity index (χ0) is 14.3. The van der Waals surface area contributed by atoms with Gasteiger partial charge in [0, 0.05) is 37.9 Å². The summed E-state index contributed by atoms with van der Waals surface area (Å²) in [5.41, 5.74) is 2.00. The molecule has 0 unspecified atom stereocenters. The van der Waals surface area contributed by atoms with Crippen molar-refractivity contribution in [3.05, 3.63) is 17.5 Å². The Hall–Kier alpha value is -0.920. The fourth-order valence-electron chi connectivity index (χ4n) is 2.77. The molecule has 7 heteroatoms. The van der Waals surface area contributed by atoms with Crippen LogP contribution in [-0.2, 0) is 28.4 Å². The molecule has 6 nitrogen and oxygen atoms in total. The molecule has 112 valence electrons. The van der Waals surface area contributed by atoms with Crippen molar-refractivity contribution in [2.45, 2.75) is 37.5 Å². The summed E-state index contributed by atoms with van der Waals surface area (Å²) in [6.45, 7) is 4.05. The van der Waals surface area contributed by atoms with Crippen molar-refractivity contribution < 1.29 is 13.2 Å². The molecule has 0 bridgehead atoms. The van der Waals surface area contributed by atoms with Gasteiger partial charge in [-0.15, -0.1) is 0 Å². The van der Waals surface area contributed by atoms with Crippen molar-refractivity contribution in [1.29, 1.82) is 0 Å². The summed E-state index contributed by atoms with van der Waals surface area (Å²) < 4.78 is 33.7. The summed E-state index contributed by atoms with van der Waals surface area (Å²) in [5, 5.41) is 4.24. The van der Waals surface area contributed by atoms with Crippen molar-refractivity contribution in [3.8, 4) is 0 Å². The maximum absolute atomic E-state index is 12.4. The van der Waals surface area contributed by atoms with Crippen LogP contribution in [0.4, 0.5) is 0 Å².